The third-order valence-electron chi connectivity index (χ3n) is 4.29. The first-order chi connectivity index (χ1) is 6.00. The molecule has 1 aliphatic rings. The first kappa shape index (κ1) is 11.0. The lowest BCUT2D eigenvalue weighted by Gasteiger charge is -2.44. The Balaban J connectivity index is 2.88. The average molecular weight is 185 g/mol. The standard InChI is InChI=1S/C11H23NO/c1-4-10(3,8-12)11(13)7-5-6-9(11)2/h9,13H,4-8,12H2,1-3H3. The SMILES string of the molecule is CCC(C)(CN)C1(O)CCCC1C. The van der Waals surface area contributed by atoms with Crippen LogP contribution >= 0.6 is 0 Å². The summed E-state index contributed by atoms with van der Waals surface area (Å²) < 4.78 is 0. The van der Waals surface area contributed by atoms with Crippen molar-refractivity contribution >= 4 is 0 Å². The van der Waals surface area contributed by atoms with Gasteiger partial charge in [-0.25, -0.2) is 0 Å². The van der Waals surface area contributed by atoms with Gasteiger partial charge in [-0.2, -0.15) is 0 Å². The smallest absolute Gasteiger partial charge is 0.0738 e. The van der Waals surface area contributed by atoms with Crippen LogP contribution in [0.2, 0.25) is 0 Å². The van der Waals surface area contributed by atoms with Crippen molar-refractivity contribution in [1.82, 2.24) is 0 Å². The van der Waals surface area contributed by atoms with Crippen LogP contribution in [0.25, 0.3) is 0 Å². The molecular weight excluding hydrogens is 162 g/mol. The maximum absolute atomic E-state index is 10.6. The predicted octanol–water partition coefficient (Wildman–Crippen LogP) is 1.91. The molecule has 0 aliphatic heterocycles. The largest absolute Gasteiger partial charge is 0.389 e. The fourth-order valence-electron chi connectivity index (χ4n) is 2.69. The van der Waals surface area contributed by atoms with E-state index in [9.17, 15) is 5.11 Å². The number of rotatable bonds is 3. The maximum Gasteiger partial charge on any atom is 0.0738 e. The minimum absolute atomic E-state index is 0.0943. The zero-order valence-electron chi connectivity index (χ0n) is 9.14. The summed E-state index contributed by atoms with van der Waals surface area (Å²) in [5.74, 6) is 0.404. The Morgan fingerprint density at radius 3 is 2.54 bits per heavy atom. The van der Waals surface area contributed by atoms with Gasteiger partial charge in [0.25, 0.3) is 0 Å². The van der Waals surface area contributed by atoms with E-state index in [0.717, 1.165) is 25.7 Å². The van der Waals surface area contributed by atoms with Crippen molar-refractivity contribution in [2.24, 2.45) is 17.1 Å². The summed E-state index contributed by atoms with van der Waals surface area (Å²) >= 11 is 0. The van der Waals surface area contributed by atoms with Crippen LogP contribution in [0.1, 0.15) is 46.5 Å². The maximum atomic E-state index is 10.6. The second kappa shape index (κ2) is 3.58. The normalized spacial score (nSPS) is 39.0. The molecule has 0 spiro atoms. The summed E-state index contributed by atoms with van der Waals surface area (Å²) in [7, 11) is 0. The lowest BCUT2D eigenvalue weighted by Crippen LogP contribution is -2.52. The predicted molar refractivity (Wildman–Crippen MR) is 55.4 cm³/mol. The van der Waals surface area contributed by atoms with E-state index in [-0.39, 0.29) is 5.41 Å². The van der Waals surface area contributed by atoms with Crippen molar-refractivity contribution in [1.29, 1.82) is 0 Å². The molecule has 2 heteroatoms. The molecule has 0 bridgehead atoms. The quantitative estimate of drug-likeness (QED) is 0.705. The molecule has 0 radical (unpaired) electrons. The van der Waals surface area contributed by atoms with Gasteiger partial charge in [0.2, 0.25) is 0 Å². The van der Waals surface area contributed by atoms with Crippen LogP contribution in [-0.2, 0) is 0 Å². The lowest BCUT2D eigenvalue weighted by atomic mass is 9.67. The minimum Gasteiger partial charge on any atom is -0.389 e. The topological polar surface area (TPSA) is 46.2 Å². The minimum atomic E-state index is -0.517. The van der Waals surface area contributed by atoms with Crippen molar-refractivity contribution in [3.63, 3.8) is 0 Å². The summed E-state index contributed by atoms with van der Waals surface area (Å²) in [5.41, 5.74) is 5.17. The molecule has 0 amide bonds. The Morgan fingerprint density at radius 1 is 1.62 bits per heavy atom. The molecule has 1 rings (SSSR count). The molecule has 3 N–H and O–H groups in total. The Bertz CT molecular complexity index is 177. The number of aliphatic hydroxyl groups is 1. The molecule has 0 aromatic carbocycles. The van der Waals surface area contributed by atoms with Gasteiger partial charge in [-0.3, -0.25) is 0 Å². The Morgan fingerprint density at radius 2 is 2.23 bits per heavy atom. The molecule has 78 valence electrons. The van der Waals surface area contributed by atoms with Crippen LogP contribution in [0.4, 0.5) is 0 Å². The summed E-state index contributed by atoms with van der Waals surface area (Å²) in [6.45, 7) is 6.98. The molecule has 13 heavy (non-hydrogen) atoms. The van der Waals surface area contributed by atoms with Gasteiger partial charge in [0.15, 0.2) is 0 Å². The van der Waals surface area contributed by atoms with E-state index < -0.39 is 5.60 Å². The lowest BCUT2D eigenvalue weighted by molar-refractivity contribution is -0.0975. The monoisotopic (exact) mass is 185 g/mol. The molecule has 1 saturated carbocycles. The Hall–Kier alpha value is -0.0800. The highest BCUT2D eigenvalue weighted by Gasteiger charge is 2.50. The van der Waals surface area contributed by atoms with E-state index in [1.807, 2.05) is 0 Å². The van der Waals surface area contributed by atoms with Crippen LogP contribution in [0.3, 0.4) is 0 Å². The van der Waals surface area contributed by atoms with E-state index in [0.29, 0.717) is 12.5 Å². The number of hydrogen-bond acceptors (Lipinski definition) is 2. The Kier molecular flexibility index (Phi) is 3.03. The summed E-state index contributed by atoms with van der Waals surface area (Å²) in [6, 6.07) is 0. The van der Waals surface area contributed by atoms with Crippen molar-refractivity contribution in [3.05, 3.63) is 0 Å². The molecule has 1 aliphatic carbocycles. The van der Waals surface area contributed by atoms with Gasteiger partial charge in [0.05, 0.1) is 5.60 Å². The van der Waals surface area contributed by atoms with Crippen LogP contribution in [0, 0.1) is 11.3 Å². The highest BCUT2D eigenvalue weighted by molar-refractivity contribution is 5.02. The Labute approximate surface area is 81.5 Å². The van der Waals surface area contributed by atoms with Gasteiger partial charge < -0.3 is 10.8 Å². The molecular formula is C11H23NO. The molecule has 0 saturated heterocycles. The third kappa shape index (κ3) is 1.50. The van der Waals surface area contributed by atoms with Crippen LogP contribution < -0.4 is 5.73 Å². The fourth-order valence-corrected chi connectivity index (χ4v) is 2.69. The molecule has 3 atom stereocenters. The molecule has 0 heterocycles. The molecule has 2 nitrogen and oxygen atoms in total. The first-order valence-electron chi connectivity index (χ1n) is 5.42. The van der Waals surface area contributed by atoms with Crippen molar-refractivity contribution < 1.29 is 5.11 Å². The first-order valence-corrected chi connectivity index (χ1v) is 5.42. The number of nitrogens with two attached hydrogens (primary N) is 1. The van der Waals surface area contributed by atoms with E-state index >= 15 is 0 Å². The van der Waals surface area contributed by atoms with Gasteiger partial charge in [-0.1, -0.05) is 27.2 Å². The zero-order valence-corrected chi connectivity index (χ0v) is 9.14. The second-order valence-electron chi connectivity index (χ2n) is 4.84. The van der Waals surface area contributed by atoms with Gasteiger partial charge >= 0.3 is 0 Å². The molecule has 1 fully saturated rings. The van der Waals surface area contributed by atoms with E-state index in [2.05, 4.69) is 20.8 Å². The molecule has 0 aromatic rings. The van der Waals surface area contributed by atoms with Gasteiger partial charge in [-0.05, 0) is 25.2 Å². The average Bonchev–Trinajstić information content (AvgIpc) is 2.47. The van der Waals surface area contributed by atoms with Crippen LogP contribution in [0.15, 0.2) is 0 Å². The van der Waals surface area contributed by atoms with Crippen LogP contribution in [0.5, 0.6) is 0 Å². The van der Waals surface area contributed by atoms with Crippen molar-refractivity contribution in [2.75, 3.05) is 6.54 Å². The highest BCUT2D eigenvalue weighted by atomic mass is 16.3. The summed E-state index contributed by atoms with van der Waals surface area (Å²) in [5, 5.41) is 10.6. The van der Waals surface area contributed by atoms with Crippen molar-refractivity contribution in [3.8, 4) is 0 Å². The fraction of sp³-hybridized carbons (Fsp3) is 1.00. The third-order valence-corrected chi connectivity index (χ3v) is 4.29. The summed E-state index contributed by atoms with van der Waals surface area (Å²) in [6.07, 6.45) is 4.18. The highest BCUT2D eigenvalue weighted by Crippen LogP contribution is 2.48. The van der Waals surface area contributed by atoms with Crippen LogP contribution in [-0.4, -0.2) is 17.3 Å². The number of hydrogen-bond donors (Lipinski definition) is 2. The molecule has 3 unspecified atom stereocenters. The van der Waals surface area contributed by atoms with Gasteiger partial charge in [-0.15, -0.1) is 0 Å². The van der Waals surface area contributed by atoms with E-state index in [1.54, 1.807) is 0 Å². The molecule has 0 aromatic heterocycles. The van der Waals surface area contributed by atoms with E-state index in [1.165, 1.54) is 0 Å². The van der Waals surface area contributed by atoms with E-state index in [4.69, 9.17) is 5.73 Å². The van der Waals surface area contributed by atoms with Crippen molar-refractivity contribution in [2.45, 2.75) is 52.1 Å². The van der Waals surface area contributed by atoms with Gasteiger partial charge in [0, 0.05) is 12.0 Å². The second-order valence-corrected chi connectivity index (χ2v) is 4.84. The summed E-state index contributed by atoms with van der Waals surface area (Å²) in [4.78, 5) is 0. The van der Waals surface area contributed by atoms with Gasteiger partial charge in [0.1, 0.15) is 0 Å². The zero-order chi connectivity index (χ0) is 10.1.